The highest BCUT2D eigenvalue weighted by Gasteiger charge is 2.49. The number of amides is 1. The number of ether oxygens (including phenoxy) is 1. The average Bonchev–Trinajstić information content (AvgIpc) is 3.43. The number of piperazine rings is 1. The second kappa shape index (κ2) is 12.1. The molecule has 2 aromatic carbocycles. The Balaban J connectivity index is 1.05. The quantitative estimate of drug-likeness (QED) is 0.227. The number of carbonyl (C=O) groups excluding carboxylic acids is 2. The number of fused-ring (bicyclic) bond motifs is 1. The maximum atomic E-state index is 13.4. The lowest BCUT2D eigenvalue weighted by molar-refractivity contribution is -0.123. The molecular formula is C30H35N5O5S2. The standard InChI is InChI=1S/C30H35N5O5S2/c1-30(2)28(37)35(24-9-12-26-23(19-24)21-40-27(26)36)29(41)34(30)14-6-4-3-5-13-32-15-17-33(18-16-32)42(38,39)25-10-7-22(20-31)8-11-25/h7-12,19H,3-6,13-18,21H2,1-2H3. The number of benzene rings is 2. The summed E-state index contributed by atoms with van der Waals surface area (Å²) in [5, 5.41) is 9.42. The lowest BCUT2D eigenvalue weighted by Crippen LogP contribution is -2.48. The summed E-state index contributed by atoms with van der Waals surface area (Å²) in [4.78, 5) is 31.2. The molecule has 2 fully saturated rings. The summed E-state index contributed by atoms with van der Waals surface area (Å²) < 4.78 is 32.5. The first kappa shape index (κ1) is 30.1. The van der Waals surface area contributed by atoms with E-state index in [-0.39, 0.29) is 23.4 Å². The Morgan fingerprint density at radius 3 is 2.29 bits per heavy atom. The minimum Gasteiger partial charge on any atom is -0.457 e. The number of rotatable bonds is 10. The van der Waals surface area contributed by atoms with E-state index in [9.17, 15) is 18.0 Å². The number of esters is 1. The van der Waals surface area contributed by atoms with Crippen LogP contribution < -0.4 is 4.90 Å². The highest BCUT2D eigenvalue weighted by Crippen LogP contribution is 2.34. The number of nitrogens with zero attached hydrogens (tertiary/aromatic N) is 5. The molecule has 0 radical (unpaired) electrons. The Labute approximate surface area is 252 Å². The van der Waals surface area contributed by atoms with Gasteiger partial charge in [-0.2, -0.15) is 9.57 Å². The van der Waals surface area contributed by atoms with Gasteiger partial charge in [0.1, 0.15) is 12.1 Å². The third-order valence-corrected chi connectivity index (χ3v) is 10.6. The normalized spacial score (nSPS) is 19.2. The summed E-state index contributed by atoms with van der Waals surface area (Å²) in [5.74, 6) is -0.429. The van der Waals surface area contributed by atoms with Crippen LogP contribution >= 0.6 is 12.2 Å². The Morgan fingerprint density at radius 1 is 0.952 bits per heavy atom. The maximum absolute atomic E-state index is 13.4. The second-order valence-electron chi connectivity index (χ2n) is 11.3. The Bertz CT molecular complexity index is 1530. The fourth-order valence-corrected chi connectivity index (χ4v) is 7.63. The van der Waals surface area contributed by atoms with E-state index in [2.05, 4.69) is 4.90 Å². The summed E-state index contributed by atoms with van der Waals surface area (Å²) in [7, 11) is -3.56. The molecule has 0 bridgehead atoms. The van der Waals surface area contributed by atoms with Crippen LogP contribution in [0.5, 0.6) is 0 Å². The smallest absolute Gasteiger partial charge is 0.338 e. The summed E-state index contributed by atoms with van der Waals surface area (Å²) in [5.41, 5.74) is 1.62. The van der Waals surface area contributed by atoms with Crippen molar-refractivity contribution in [3.8, 4) is 6.07 Å². The molecule has 42 heavy (non-hydrogen) atoms. The van der Waals surface area contributed by atoms with Crippen molar-refractivity contribution in [2.24, 2.45) is 0 Å². The van der Waals surface area contributed by atoms with Gasteiger partial charge in [0.15, 0.2) is 5.11 Å². The van der Waals surface area contributed by atoms with E-state index >= 15 is 0 Å². The first-order valence-electron chi connectivity index (χ1n) is 14.2. The number of cyclic esters (lactones) is 1. The fraction of sp³-hybridized carbons (Fsp3) is 0.467. The zero-order valence-corrected chi connectivity index (χ0v) is 25.5. The molecule has 0 saturated carbocycles. The van der Waals surface area contributed by atoms with Crippen molar-refractivity contribution in [1.29, 1.82) is 5.26 Å². The lowest BCUT2D eigenvalue weighted by Gasteiger charge is -2.34. The van der Waals surface area contributed by atoms with Crippen LogP contribution in [-0.2, 0) is 26.2 Å². The number of unbranched alkanes of at least 4 members (excludes halogenated alkanes) is 3. The first-order chi connectivity index (χ1) is 20.0. The van der Waals surface area contributed by atoms with Gasteiger partial charge in [0.25, 0.3) is 5.91 Å². The molecular weight excluding hydrogens is 574 g/mol. The van der Waals surface area contributed by atoms with Crippen molar-refractivity contribution in [3.05, 3.63) is 59.2 Å². The van der Waals surface area contributed by atoms with Gasteiger partial charge in [-0.05, 0) is 87.9 Å². The molecule has 2 aromatic rings. The van der Waals surface area contributed by atoms with E-state index in [1.54, 1.807) is 17.0 Å². The van der Waals surface area contributed by atoms with Crippen LogP contribution in [0.1, 0.15) is 61.0 Å². The Morgan fingerprint density at radius 2 is 1.62 bits per heavy atom. The van der Waals surface area contributed by atoms with E-state index in [4.69, 9.17) is 22.2 Å². The van der Waals surface area contributed by atoms with Gasteiger partial charge in [0.2, 0.25) is 10.0 Å². The molecule has 5 rings (SSSR count). The van der Waals surface area contributed by atoms with E-state index in [0.29, 0.717) is 54.7 Å². The van der Waals surface area contributed by atoms with Gasteiger partial charge in [0, 0.05) is 38.3 Å². The van der Waals surface area contributed by atoms with Crippen molar-refractivity contribution in [1.82, 2.24) is 14.1 Å². The van der Waals surface area contributed by atoms with Crippen molar-refractivity contribution >= 4 is 44.9 Å². The van der Waals surface area contributed by atoms with Crippen LogP contribution in [0.3, 0.4) is 0 Å². The molecule has 0 aliphatic carbocycles. The van der Waals surface area contributed by atoms with Crippen LogP contribution in [-0.4, -0.2) is 84.3 Å². The molecule has 3 aliphatic heterocycles. The highest BCUT2D eigenvalue weighted by atomic mass is 32.2. The molecule has 3 aliphatic rings. The zero-order chi connectivity index (χ0) is 30.1. The highest BCUT2D eigenvalue weighted by molar-refractivity contribution is 7.89. The largest absolute Gasteiger partial charge is 0.457 e. The van der Waals surface area contributed by atoms with E-state index in [1.165, 1.54) is 28.6 Å². The number of thiocarbonyl (C=S) groups is 1. The van der Waals surface area contributed by atoms with Gasteiger partial charge < -0.3 is 14.5 Å². The monoisotopic (exact) mass is 609 g/mol. The predicted molar refractivity (Wildman–Crippen MR) is 161 cm³/mol. The minimum atomic E-state index is -3.56. The number of anilines is 1. The van der Waals surface area contributed by atoms with Crippen LogP contribution in [0.4, 0.5) is 5.69 Å². The molecule has 0 unspecified atom stereocenters. The Kier molecular flexibility index (Phi) is 8.66. The van der Waals surface area contributed by atoms with Gasteiger partial charge in [-0.15, -0.1) is 0 Å². The summed E-state index contributed by atoms with van der Waals surface area (Å²) in [6.45, 7) is 7.84. The average molecular weight is 610 g/mol. The number of nitriles is 1. The molecule has 0 aromatic heterocycles. The van der Waals surface area contributed by atoms with Gasteiger partial charge >= 0.3 is 5.97 Å². The third kappa shape index (κ3) is 5.79. The molecule has 3 heterocycles. The van der Waals surface area contributed by atoms with Crippen molar-refractivity contribution in [2.45, 2.75) is 56.6 Å². The first-order valence-corrected chi connectivity index (χ1v) is 16.1. The topological polar surface area (TPSA) is 114 Å². The van der Waals surface area contributed by atoms with Crippen LogP contribution in [0.25, 0.3) is 0 Å². The molecule has 10 nitrogen and oxygen atoms in total. The Hall–Kier alpha value is -3.37. The molecule has 1 amide bonds. The molecule has 0 N–H and O–H groups in total. The molecule has 0 spiro atoms. The SMILES string of the molecule is CC1(C)C(=O)N(c2ccc3c(c2)COC3=O)C(=S)N1CCCCCCN1CCN(S(=O)(=O)c2ccc(C#N)cc2)CC1. The maximum Gasteiger partial charge on any atom is 0.338 e. The van der Waals surface area contributed by atoms with Gasteiger partial charge in [0.05, 0.1) is 27.8 Å². The fourth-order valence-electron chi connectivity index (χ4n) is 5.70. The van der Waals surface area contributed by atoms with Crippen molar-refractivity contribution in [3.63, 3.8) is 0 Å². The molecule has 12 heteroatoms. The summed E-state index contributed by atoms with van der Waals surface area (Å²) in [6.07, 6.45) is 3.93. The van der Waals surface area contributed by atoms with Gasteiger partial charge in [-0.3, -0.25) is 9.69 Å². The van der Waals surface area contributed by atoms with E-state index < -0.39 is 15.6 Å². The van der Waals surface area contributed by atoms with E-state index in [0.717, 1.165) is 37.8 Å². The van der Waals surface area contributed by atoms with E-state index in [1.807, 2.05) is 30.9 Å². The summed E-state index contributed by atoms with van der Waals surface area (Å²) in [6, 6.07) is 13.3. The minimum absolute atomic E-state index is 0.0852. The van der Waals surface area contributed by atoms with Crippen LogP contribution in [0.15, 0.2) is 47.4 Å². The number of hydrogen-bond donors (Lipinski definition) is 0. The van der Waals surface area contributed by atoms with Gasteiger partial charge in [-0.1, -0.05) is 12.8 Å². The number of hydrogen-bond acceptors (Lipinski definition) is 8. The number of carbonyl (C=O) groups is 2. The van der Waals surface area contributed by atoms with Crippen molar-refractivity contribution in [2.75, 3.05) is 44.2 Å². The van der Waals surface area contributed by atoms with Crippen LogP contribution in [0, 0.1) is 11.3 Å². The third-order valence-electron chi connectivity index (χ3n) is 8.31. The summed E-state index contributed by atoms with van der Waals surface area (Å²) >= 11 is 5.75. The van der Waals surface area contributed by atoms with Crippen molar-refractivity contribution < 1.29 is 22.7 Å². The second-order valence-corrected chi connectivity index (χ2v) is 13.7. The number of sulfonamides is 1. The molecule has 222 valence electrons. The lowest BCUT2D eigenvalue weighted by atomic mass is 10.0. The van der Waals surface area contributed by atoms with Crippen LogP contribution in [0.2, 0.25) is 0 Å². The predicted octanol–water partition coefficient (Wildman–Crippen LogP) is 3.51. The molecule has 2 saturated heterocycles. The zero-order valence-electron chi connectivity index (χ0n) is 23.9. The molecule has 0 atom stereocenters. The van der Waals surface area contributed by atoms with Gasteiger partial charge in [-0.25, -0.2) is 13.2 Å².